The zero-order chi connectivity index (χ0) is 15.4. The Morgan fingerprint density at radius 2 is 2.36 bits per heavy atom. The molecule has 2 aromatic heterocycles. The molecule has 1 saturated heterocycles. The molecule has 4 N–H and O–H groups in total. The van der Waals surface area contributed by atoms with E-state index in [2.05, 4.69) is 20.4 Å². The lowest BCUT2D eigenvalue weighted by atomic mass is 10.1. The van der Waals surface area contributed by atoms with Crippen molar-refractivity contribution in [2.75, 3.05) is 17.2 Å². The third-order valence-electron chi connectivity index (χ3n) is 4.74. The molecule has 0 unspecified atom stereocenters. The summed E-state index contributed by atoms with van der Waals surface area (Å²) in [5, 5.41) is 16.3. The Bertz CT molecular complexity index is 758. The fraction of sp³-hybridized carbons (Fsp3) is 0.500. The first-order valence-corrected chi connectivity index (χ1v) is 7.33. The van der Waals surface area contributed by atoms with Crippen molar-refractivity contribution in [1.82, 2.24) is 15.5 Å². The molecule has 4 rings (SSSR count). The number of aromatic nitrogens is 2. The van der Waals surface area contributed by atoms with E-state index in [0.717, 1.165) is 30.5 Å². The smallest absolute Gasteiger partial charge is 0.404 e. The molecule has 0 radical (unpaired) electrons. The van der Waals surface area contributed by atoms with Gasteiger partial charge in [0.05, 0.1) is 17.5 Å². The molecule has 0 spiro atoms. The normalized spacial score (nSPS) is 26.8. The van der Waals surface area contributed by atoms with Crippen molar-refractivity contribution in [3.8, 4) is 0 Å². The zero-order valence-corrected chi connectivity index (χ0v) is 12.1. The molecule has 8 nitrogen and oxygen atoms in total. The van der Waals surface area contributed by atoms with Gasteiger partial charge in [0.15, 0.2) is 11.6 Å². The van der Waals surface area contributed by atoms with E-state index in [-0.39, 0.29) is 12.1 Å². The summed E-state index contributed by atoms with van der Waals surface area (Å²) in [6.07, 6.45) is 0.991. The Labute approximate surface area is 126 Å². The SMILES string of the molecule is Cc1cc2c(N)noc2c(N2C[C@@H]3CC[C@H]2[C@@H]3NC(=O)O)n1. The number of hydrogen-bond donors (Lipinski definition) is 3. The molecule has 2 aromatic rings. The van der Waals surface area contributed by atoms with Crippen molar-refractivity contribution >= 4 is 28.7 Å². The standard InChI is InChI=1S/C14H17N5O3/c1-6-4-8-11(22-18-12(8)15)13(16-6)19-5-7-2-3-9(19)10(7)17-14(20)21/h4,7,9-10,17H,2-3,5H2,1H3,(H2,15,18)(H,20,21)/t7-,9-,10+/m0/s1. The van der Waals surface area contributed by atoms with Crippen LogP contribution in [0.4, 0.5) is 16.4 Å². The second kappa shape index (κ2) is 4.49. The van der Waals surface area contributed by atoms with Crippen LogP contribution >= 0.6 is 0 Å². The highest BCUT2D eigenvalue weighted by Crippen LogP contribution is 2.42. The molecule has 3 atom stereocenters. The molecule has 1 aliphatic heterocycles. The van der Waals surface area contributed by atoms with Gasteiger partial charge in [-0.05, 0) is 31.7 Å². The largest absolute Gasteiger partial charge is 0.465 e. The van der Waals surface area contributed by atoms with Crippen molar-refractivity contribution in [1.29, 1.82) is 0 Å². The summed E-state index contributed by atoms with van der Waals surface area (Å²) in [7, 11) is 0. The van der Waals surface area contributed by atoms with E-state index in [0.29, 0.717) is 23.1 Å². The van der Waals surface area contributed by atoms with Gasteiger partial charge in [0, 0.05) is 12.2 Å². The molecule has 2 fully saturated rings. The van der Waals surface area contributed by atoms with Gasteiger partial charge in [0.1, 0.15) is 0 Å². The van der Waals surface area contributed by atoms with Crippen LogP contribution in [-0.2, 0) is 0 Å². The van der Waals surface area contributed by atoms with Crippen LogP contribution in [0.25, 0.3) is 11.0 Å². The van der Waals surface area contributed by atoms with Crippen LogP contribution in [0.1, 0.15) is 18.5 Å². The van der Waals surface area contributed by atoms with Crippen LogP contribution in [0.2, 0.25) is 0 Å². The number of fused-ring (bicyclic) bond motifs is 3. The van der Waals surface area contributed by atoms with Gasteiger partial charge in [0.2, 0.25) is 5.58 Å². The van der Waals surface area contributed by atoms with Gasteiger partial charge in [-0.3, -0.25) is 0 Å². The van der Waals surface area contributed by atoms with Crippen LogP contribution in [0.5, 0.6) is 0 Å². The van der Waals surface area contributed by atoms with E-state index in [1.807, 2.05) is 13.0 Å². The van der Waals surface area contributed by atoms with Crippen molar-refractivity contribution in [3.63, 3.8) is 0 Å². The molecule has 22 heavy (non-hydrogen) atoms. The average Bonchev–Trinajstić information content (AvgIpc) is 3.12. The minimum atomic E-state index is -0.977. The second-order valence-corrected chi connectivity index (χ2v) is 6.06. The lowest BCUT2D eigenvalue weighted by molar-refractivity contribution is 0.188. The maximum absolute atomic E-state index is 11.0. The zero-order valence-electron chi connectivity index (χ0n) is 12.1. The number of carboxylic acid groups (broad SMARTS) is 1. The number of nitrogens with zero attached hydrogens (tertiary/aromatic N) is 3. The Hall–Kier alpha value is -2.51. The average molecular weight is 303 g/mol. The quantitative estimate of drug-likeness (QED) is 0.766. The monoisotopic (exact) mass is 303 g/mol. The first-order chi connectivity index (χ1) is 10.5. The Kier molecular flexibility index (Phi) is 2.69. The van der Waals surface area contributed by atoms with Gasteiger partial charge in [-0.25, -0.2) is 9.78 Å². The number of piperidine rings is 1. The van der Waals surface area contributed by atoms with E-state index >= 15 is 0 Å². The minimum absolute atomic E-state index is 0.0601. The fourth-order valence-electron chi connectivity index (χ4n) is 3.86. The van der Waals surface area contributed by atoms with Gasteiger partial charge in [-0.15, -0.1) is 0 Å². The van der Waals surface area contributed by atoms with E-state index < -0.39 is 6.09 Å². The van der Waals surface area contributed by atoms with Crippen LogP contribution in [0.3, 0.4) is 0 Å². The van der Waals surface area contributed by atoms with Gasteiger partial charge >= 0.3 is 6.09 Å². The first-order valence-electron chi connectivity index (χ1n) is 7.33. The lowest BCUT2D eigenvalue weighted by Crippen LogP contribution is -2.43. The molecular formula is C14H17N5O3. The topological polar surface area (TPSA) is 118 Å². The van der Waals surface area contributed by atoms with Gasteiger partial charge in [-0.1, -0.05) is 5.16 Å². The number of nitrogens with two attached hydrogens (primary N) is 1. The molecule has 2 aliphatic rings. The number of carbonyl (C=O) groups is 1. The number of nitrogens with one attached hydrogen (secondary N) is 1. The molecule has 1 saturated carbocycles. The maximum Gasteiger partial charge on any atom is 0.404 e. The summed E-state index contributed by atoms with van der Waals surface area (Å²) < 4.78 is 5.36. The Balaban J connectivity index is 1.76. The van der Waals surface area contributed by atoms with Crippen LogP contribution in [0.15, 0.2) is 10.6 Å². The fourth-order valence-corrected chi connectivity index (χ4v) is 3.86. The van der Waals surface area contributed by atoms with Crippen molar-refractivity contribution in [2.45, 2.75) is 31.8 Å². The number of amides is 1. The number of aryl methyl sites for hydroxylation is 1. The highest BCUT2D eigenvalue weighted by molar-refractivity contribution is 5.94. The number of hydrogen-bond acceptors (Lipinski definition) is 6. The van der Waals surface area contributed by atoms with Gasteiger partial charge in [0.25, 0.3) is 0 Å². The van der Waals surface area contributed by atoms with Crippen LogP contribution in [-0.4, -0.2) is 40.0 Å². The molecule has 1 aliphatic carbocycles. The van der Waals surface area contributed by atoms with Crippen LogP contribution in [0, 0.1) is 12.8 Å². The van der Waals surface area contributed by atoms with E-state index in [1.54, 1.807) is 0 Å². The number of anilines is 2. The molecule has 3 heterocycles. The molecule has 2 bridgehead atoms. The molecule has 0 aromatic carbocycles. The van der Waals surface area contributed by atoms with E-state index in [1.165, 1.54) is 0 Å². The number of nitrogen functional groups attached to an aromatic ring is 1. The second-order valence-electron chi connectivity index (χ2n) is 6.06. The Morgan fingerprint density at radius 3 is 3.14 bits per heavy atom. The molecule has 8 heteroatoms. The summed E-state index contributed by atoms with van der Waals surface area (Å²) >= 11 is 0. The predicted octanol–water partition coefficient (Wildman–Crippen LogP) is 1.35. The summed E-state index contributed by atoms with van der Waals surface area (Å²) in [5.41, 5.74) is 7.25. The minimum Gasteiger partial charge on any atom is -0.465 e. The number of pyridine rings is 1. The van der Waals surface area contributed by atoms with Crippen molar-refractivity contribution in [3.05, 3.63) is 11.8 Å². The summed E-state index contributed by atoms with van der Waals surface area (Å²) in [6.45, 7) is 2.67. The maximum atomic E-state index is 11.0. The third kappa shape index (κ3) is 1.79. The summed E-state index contributed by atoms with van der Waals surface area (Å²) in [5.74, 6) is 1.37. The first kappa shape index (κ1) is 13.2. The summed E-state index contributed by atoms with van der Waals surface area (Å²) in [4.78, 5) is 17.7. The van der Waals surface area contributed by atoms with E-state index in [4.69, 9.17) is 15.4 Å². The van der Waals surface area contributed by atoms with Crippen LogP contribution < -0.4 is 16.0 Å². The molecule has 1 amide bonds. The number of rotatable bonds is 2. The lowest BCUT2D eigenvalue weighted by Gasteiger charge is -2.28. The highest BCUT2D eigenvalue weighted by atomic mass is 16.5. The van der Waals surface area contributed by atoms with Crippen molar-refractivity contribution < 1.29 is 14.4 Å². The predicted molar refractivity (Wildman–Crippen MR) is 79.8 cm³/mol. The summed E-state index contributed by atoms with van der Waals surface area (Å²) in [6, 6.07) is 1.89. The molecule has 116 valence electrons. The van der Waals surface area contributed by atoms with Crippen molar-refractivity contribution in [2.24, 2.45) is 5.92 Å². The Morgan fingerprint density at radius 1 is 1.55 bits per heavy atom. The van der Waals surface area contributed by atoms with E-state index in [9.17, 15) is 4.79 Å². The highest BCUT2D eigenvalue weighted by Gasteiger charge is 2.48. The van der Waals surface area contributed by atoms with Gasteiger partial charge in [-0.2, -0.15) is 0 Å². The third-order valence-corrected chi connectivity index (χ3v) is 4.74. The van der Waals surface area contributed by atoms with Gasteiger partial charge < -0.3 is 25.6 Å². The molecular weight excluding hydrogens is 286 g/mol.